The second kappa shape index (κ2) is 8.42. The minimum absolute atomic E-state index is 0.159. The molecule has 0 spiro atoms. The normalized spacial score (nSPS) is 10.7. The first-order valence-corrected chi connectivity index (χ1v) is 8.40. The molecule has 0 radical (unpaired) electrons. The van der Waals surface area contributed by atoms with Crippen molar-refractivity contribution in [3.8, 4) is 0 Å². The average molecular weight is 336 g/mol. The van der Waals surface area contributed by atoms with Gasteiger partial charge in [-0.3, -0.25) is 9.59 Å². The Morgan fingerprint density at radius 1 is 1.30 bits per heavy atom. The lowest BCUT2D eigenvalue weighted by Gasteiger charge is -2.06. The molecule has 0 aliphatic heterocycles. The molecule has 0 saturated heterocycles. The Bertz CT molecular complexity index is 635. The minimum Gasteiger partial charge on any atom is -0.459 e. The van der Waals surface area contributed by atoms with E-state index in [1.165, 1.54) is 17.6 Å². The largest absolute Gasteiger partial charge is 0.459 e. The number of amides is 2. The number of carbonyl (C=O) groups excluding carboxylic acids is 2. The highest BCUT2D eigenvalue weighted by molar-refractivity contribution is 7.15. The Hall–Kier alpha value is -2.22. The van der Waals surface area contributed by atoms with E-state index in [1.54, 1.807) is 12.1 Å². The fourth-order valence-corrected chi connectivity index (χ4v) is 3.08. The van der Waals surface area contributed by atoms with E-state index >= 15 is 0 Å². The molecule has 8 heteroatoms. The third kappa shape index (κ3) is 4.88. The van der Waals surface area contributed by atoms with Crippen molar-refractivity contribution in [2.75, 3.05) is 11.9 Å². The van der Waals surface area contributed by atoms with E-state index in [4.69, 9.17) is 4.42 Å². The van der Waals surface area contributed by atoms with Crippen molar-refractivity contribution in [1.29, 1.82) is 0 Å². The molecule has 2 rings (SSSR count). The lowest BCUT2D eigenvalue weighted by atomic mass is 10.1. The monoisotopic (exact) mass is 336 g/mol. The van der Waals surface area contributed by atoms with Crippen LogP contribution in [0.3, 0.4) is 0 Å². The summed E-state index contributed by atoms with van der Waals surface area (Å²) in [6.45, 7) is 4.44. The van der Waals surface area contributed by atoms with E-state index in [0.717, 1.165) is 17.8 Å². The summed E-state index contributed by atoms with van der Waals surface area (Å²) >= 11 is 1.40. The van der Waals surface area contributed by atoms with Gasteiger partial charge >= 0.3 is 0 Å². The quantitative estimate of drug-likeness (QED) is 0.772. The first kappa shape index (κ1) is 17.1. The zero-order chi connectivity index (χ0) is 16.7. The fourth-order valence-electron chi connectivity index (χ4n) is 2.05. The number of carbonyl (C=O) groups is 2. The van der Waals surface area contributed by atoms with Crippen LogP contribution in [0.4, 0.5) is 5.13 Å². The molecule has 0 aromatic carbocycles. The van der Waals surface area contributed by atoms with Crippen LogP contribution in [0.15, 0.2) is 22.8 Å². The summed E-state index contributed by atoms with van der Waals surface area (Å²) in [7, 11) is 0. The van der Waals surface area contributed by atoms with Crippen LogP contribution in [0.5, 0.6) is 0 Å². The van der Waals surface area contributed by atoms with E-state index in [-0.39, 0.29) is 30.5 Å². The van der Waals surface area contributed by atoms with Crippen LogP contribution >= 0.6 is 11.3 Å². The maximum Gasteiger partial charge on any atom is 0.286 e. The number of nitrogens with zero attached hydrogens (tertiary/aromatic N) is 2. The maximum atomic E-state index is 11.9. The van der Waals surface area contributed by atoms with Gasteiger partial charge in [-0.05, 0) is 25.0 Å². The van der Waals surface area contributed by atoms with Crippen molar-refractivity contribution >= 4 is 28.3 Å². The summed E-state index contributed by atoms with van der Waals surface area (Å²) in [6.07, 6.45) is 3.58. The summed E-state index contributed by atoms with van der Waals surface area (Å²) < 4.78 is 4.97. The first-order valence-electron chi connectivity index (χ1n) is 7.59. The predicted molar refractivity (Wildman–Crippen MR) is 87.5 cm³/mol. The Labute approximate surface area is 138 Å². The molecule has 2 amide bonds. The molecule has 0 atom stereocenters. The Balaban J connectivity index is 1.75. The first-order chi connectivity index (χ1) is 11.1. The van der Waals surface area contributed by atoms with Gasteiger partial charge in [0.2, 0.25) is 11.0 Å². The van der Waals surface area contributed by atoms with E-state index < -0.39 is 0 Å². The molecule has 2 aromatic heterocycles. The zero-order valence-electron chi connectivity index (χ0n) is 13.2. The van der Waals surface area contributed by atoms with Gasteiger partial charge in [0.15, 0.2) is 5.76 Å². The van der Waals surface area contributed by atoms with Gasteiger partial charge in [-0.15, -0.1) is 10.2 Å². The molecule has 0 unspecified atom stereocenters. The van der Waals surface area contributed by atoms with E-state index in [1.807, 2.05) is 0 Å². The van der Waals surface area contributed by atoms with E-state index in [2.05, 4.69) is 34.7 Å². The van der Waals surface area contributed by atoms with Gasteiger partial charge in [-0.1, -0.05) is 25.2 Å². The van der Waals surface area contributed by atoms with Crippen LogP contribution in [0.2, 0.25) is 0 Å². The van der Waals surface area contributed by atoms with Crippen LogP contribution in [-0.2, 0) is 4.79 Å². The molecular weight excluding hydrogens is 316 g/mol. The SMILES string of the molecule is CCC(CC)c1nnc(NC(=O)CCNC(=O)c2ccco2)s1. The third-order valence-corrected chi connectivity index (χ3v) is 4.41. The van der Waals surface area contributed by atoms with Crippen molar-refractivity contribution in [1.82, 2.24) is 15.5 Å². The standard InChI is InChI=1S/C15H20N4O3S/c1-3-10(4-2)14-18-19-15(23-14)17-12(20)7-8-16-13(21)11-6-5-9-22-11/h5-6,9-10H,3-4,7-8H2,1-2H3,(H,16,21)(H,17,19,20). The number of nitrogens with one attached hydrogen (secondary N) is 2. The Kier molecular flexibility index (Phi) is 6.28. The second-order valence-corrected chi connectivity index (χ2v) is 6.00. The van der Waals surface area contributed by atoms with Gasteiger partial charge in [-0.2, -0.15) is 0 Å². The summed E-state index contributed by atoms with van der Waals surface area (Å²) in [5, 5.41) is 14.9. The molecule has 0 aliphatic rings. The van der Waals surface area contributed by atoms with Gasteiger partial charge in [0.1, 0.15) is 5.01 Å². The molecule has 0 fully saturated rings. The van der Waals surface area contributed by atoms with Crippen LogP contribution in [0.1, 0.15) is 54.6 Å². The number of rotatable bonds is 8. The van der Waals surface area contributed by atoms with Crippen molar-refractivity contribution in [3.05, 3.63) is 29.2 Å². The number of aromatic nitrogens is 2. The number of anilines is 1. The van der Waals surface area contributed by atoms with Crippen LogP contribution in [0, 0.1) is 0 Å². The minimum atomic E-state index is -0.338. The number of hydrogen-bond acceptors (Lipinski definition) is 6. The van der Waals surface area contributed by atoms with E-state index in [0.29, 0.717) is 11.0 Å². The molecule has 0 bridgehead atoms. The number of furan rings is 1. The summed E-state index contributed by atoms with van der Waals surface area (Å²) in [4.78, 5) is 23.5. The highest BCUT2D eigenvalue weighted by atomic mass is 32.1. The molecule has 0 aliphatic carbocycles. The van der Waals surface area contributed by atoms with Crippen LogP contribution in [-0.4, -0.2) is 28.6 Å². The van der Waals surface area contributed by atoms with Crippen LogP contribution in [0.25, 0.3) is 0 Å². The topological polar surface area (TPSA) is 97.1 Å². The molecule has 0 saturated carbocycles. The highest BCUT2D eigenvalue weighted by Gasteiger charge is 2.15. The van der Waals surface area contributed by atoms with Crippen molar-refractivity contribution in [3.63, 3.8) is 0 Å². The van der Waals surface area contributed by atoms with Crippen molar-refractivity contribution in [2.45, 2.75) is 39.0 Å². The smallest absolute Gasteiger partial charge is 0.286 e. The van der Waals surface area contributed by atoms with Gasteiger partial charge in [-0.25, -0.2) is 0 Å². The second-order valence-electron chi connectivity index (χ2n) is 4.99. The van der Waals surface area contributed by atoms with Crippen molar-refractivity contribution < 1.29 is 14.0 Å². The Morgan fingerprint density at radius 3 is 2.74 bits per heavy atom. The molecule has 2 N–H and O–H groups in total. The molecule has 7 nitrogen and oxygen atoms in total. The van der Waals surface area contributed by atoms with E-state index in [9.17, 15) is 9.59 Å². The number of hydrogen-bond donors (Lipinski definition) is 2. The van der Waals surface area contributed by atoms with Gasteiger partial charge in [0, 0.05) is 18.9 Å². The predicted octanol–water partition coefficient (Wildman–Crippen LogP) is 2.79. The van der Waals surface area contributed by atoms with Gasteiger partial charge in [0.25, 0.3) is 5.91 Å². The summed E-state index contributed by atoms with van der Waals surface area (Å²) in [5.74, 6) is 0.0572. The lowest BCUT2D eigenvalue weighted by Crippen LogP contribution is -2.27. The zero-order valence-corrected chi connectivity index (χ0v) is 14.0. The molecule has 124 valence electrons. The molecule has 2 aromatic rings. The highest BCUT2D eigenvalue weighted by Crippen LogP contribution is 2.27. The van der Waals surface area contributed by atoms with Gasteiger partial charge in [0.05, 0.1) is 6.26 Å². The third-order valence-electron chi connectivity index (χ3n) is 3.40. The summed E-state index contributed by atoms with van der Waals surface area (Å²) in [5.41, 5.74) is 0. The molecular formula is C15H20N4O3S. The summed E-state index contributed by atoms with van der Waals surface area (Å²) in [6, 6.07) is 3.20. The lowest BCUT2D eigenvalue weighted by molar-refractivity contribution is -0.116. The molecule has 23 heavy (non-hydrogen) atoms. The van der Waals surface area contributed by atoms with Gasteiger partial charge < -0.3 is 15.1 Å². The fraction of sp³-hybridized carbons (Fsp3) is 0.467. The van der Waals surface area contributed by atoms with Crippen molar-refractivity contribution in [2.24, 2.45) is 0 Å². The average Bonchev–Trinajstić information content (AvgIpc) is 3.20. The maximum absolute atomic E-state index is 11.9. The Morgan fingerprint density at radius 2 is 2.09 bits per heavy atom. The van der Waals surface area contributed by atoms with Crippen LogP contribution < -0.4 is 10.6 Å². The molecule has 2 heterocycles.